The monoisotopic (exact) mass is 584 g/mol. The van der Waals surface area contributed by atoms with Crippen molar-refractivity contribution in [2.24, 2.45) is 0 Å². The highest BCUT2D eigenvalue weighted by Crippen LogP contribution is 2.59. The summed E-state index contributed by atoms with van der Waals surface area (Å²) in [6.45, 7) is 0. The standard InChI is InChI=1S/C14H4Br4O2S2/c15-13(16)7-3-1-5-6(10(7)22-11(13)19)2-4-8-9(5)21-12(20)14(8,17)18/h1-4H. The van der Waals surface area contributed by atoms with Crippen LogP contribution in [0.25, 0.3) is 10.8 Å². The quantitative estimate of drug-likeness (QED) is 0.355. The number of halogens is 4. The predicted molar refractivity (Wildman–Crippen MR) is 105 cm³/mol. The van der Waals surface area contributed by atoms with E-state index < -0.39 is 6.47 Å². The maximum absolute atomic E-state index is 12.2. The number of hydrogen-bond donors (Lipinski definition) is 0. The number of hydrogen-bond acceptors (Lipinski definition) is 4. The topological polar surface area (TPSA) is 34.1 Å². The van der Waals surface area contributed by atoms with Gasteiger partial charge >= 0.3 is 0 Å². The van der Waals surface area contributed by atoms with E-state index in [-0.39, 0.29) is 10.2 Å². The first kappa shape index (κ1) is 16.1. The summed E-state index contributed by atoms with van der Waals surface area (Å²) < 4.78 is -1.66. The van der Waals surface area contributed by atoms with Crippen molar-refractivity contribution in [1.82, 2.24) is 0 Å². The van der Waals surface area contributed by atoms with Crippen LogP contribution in [0, 0.1) is 0 Å². The van der Waals surface area contributed by atoms with Gasteiger partial charge in [-0.2, -0.15) is 0 Å². The van der Waals surface area contributed by atoms with Crippen LogP contribution in [0.3, 0.4) is 0 Å². The van der Waals surface area contributed by atoms with E-state index in [4.69, 9.17) is 0 Å². The van der Waals surface area contributed by atoms with Gasteiger partial charge in [-0.15, -0.1) is 0 Å². The van der Waals surface area contributed by atoms with E-state index in [2.05, 4.69) is 63.7 Å². The minimum atomic E-state index is -0.829. The zero-order valence-corrected chi connectivity index (χ0v) is 18.4. The van der Waals surface area contributed by atoms with Crippen LogP contribution in [0.2, 0.25) is 0 Å². The largest absolute Gasteiger partial charge is 0.284 e. The molecule has 2 aromatic rings. The van der Waals surface area contributed by atoms with E-state index in [1.165, 1.54) is 23.5 Å². The molecule has 0 aromatic heterocycles. The Morgan fingerprint density at radius 3 is 1.41 bits per heavy atom. The van der Waals surface area contributed by atoms with Crippen LogP contribution in [0.1, 0.15) is 11.1 Å². The second kappa shape index (κ2) is 5.08. The number of thioether (sulfide) groups is 2. The summed E-state index contributed by atoms with van der Waals surface area (Å²) >= 11 is 16.3. The van der Waals surface area contributed by atoms with Gasteiger partial charge in [-0.05, 0) is 34.3 Å². The molecule has 4 rings (SSSR count). The fraction of sp³-hybridized carbons (Fsp3) is 0.143. The summed E-state index contributed by atoms with van der Waals surface area (Å²) in [6, 6.07) is 7.83. The first-order chi connectivity index (χ1) is 10.2. The molecule has 8 heteroatoms. The molecule has 0 fully saturated rings. The van der Waals surface area contributed by atoms with Crippen molar-refractivity contribution in [2.45, 2.75) is 16.3 Å². The van der Waals surface area contributed by atoms with Crippen molar-refractivity contribution in [3.8, 4) is 0 Å². The minimum absolute atomic E-state index is 0.00885. The lowest BCUT2D eigenvalue weighted by Crippen LogP contribution is -2.13. The normalized spacial score (nSPS) is 21.3. The maximum Gasteiger partial charge on any atom is 0.225 e. The van der Waals surface area contributed by atoms with Gasteiger partial charge in [0.1, 0.15) is 0 Å². The Morgan fingerprint density at radius 2 is 1.05 bits per heavy atom. The number of carbonyl (C=O) groups excluding carboxylic acids is 2. The Bertz CT molecular complexity index is 819. The Balaban J connectivity index is 2.05. The molecule has 2 aromatic carbocycles. The zero-order chi connectivity index (χ0) is 15.9. The zero-order valence-electron chi connectivity index (χ0n) is 10.5. The summed E-state index contributed by atoms with van der Waals surface area (Å²) in [5.74, 6) is 0. The highest BCUT2D eigenvalue weighted by molar-refractivity contribution is 9.25. The Labute approximate surface area is 168 Å². The molecule has 0 radical (unpaired) electrons. The van der Waals surface area contributed by atoms with E-state index in [0.717, 1.165) is 31.7 Å². The third-order valence-corrected chi connectivity index (χ3v) is 10.2. The maximum atomic E-state index is 12.2. The van der Waals surface area contributed by atoms with Gasteiger partial charge in [0.15, 0.2) is 6.47 Å². The molecule has 0 unspecified atom stereocenters. The lowest BCUT2D eigenvalue weighted by Gasteiger charge is -2.14. The molecule has 2 nitrogen and oxygen atoms in total. The number of benzene rings is 2. The van der Waals surface area contributed by atoms with E-state index in [1.807, 2.05) is 24.3 Å². The van der Waals surface area contributed by atoms with Gasteiger partial charge in [0.25, 0.3) is 0 Å². The van der Waals surface area contributed by atoms with E-state index in [1.54, 1.807) is 0 Å². The SMILES string of the molecule is O=C1Sc2c(ccc3c4c(ccc23)C(Br)(Br)C(=O)S4)C1(Br)Br. The van der Waals surface area contributed by atoms with Crippen molar-refractivity contribution >= 4 is 108 Å². The third kappa shape index (κ3) is 2.03. The predicted octanol–water partition coefficient (Wildman–Crippen LogP) is 5.99. The number of rotatable bonds is 0. The second-order valence-corrected chi connectivity index (χ2v) is 13.8. The number of fused-ring (bicyclic) bond motifs is 5. The Kier molecular flexibility index (Phi) is 3.73. The first-order valence-electron chi connectivity index (χ1n) is 6.05. The molecule has 22 heavy (non-hydrogen) atoms. The highest BCUT2D eigenvalue weighted by Gasteiger charge is 2.46. The summed E-state index contributed by atoms with van der Waals surface area (Å²) in [7, 11) is 0. The van der Waals surface area contributed by atoms with Gasteiger partial charge < -0.3 is 0 Å². The molecule has 0 spiro atoms. The van der Waals surface area contributed by atoms with Gasteiger partial charge in [-0.3, -0.25) is 9.59 Å². The third-order valence-electron chi connectivity index (χ3n) is 3.68. The van der Waals surface area contributed by atoms with E-state index in [9.17, 15) is 9.59 Å². The van der Waals surface area contributed by atoms with Crippen LogP contribution < -0.4 is 0 Å². The molecule has 2 aliphatic rings. The summed E-state index contributed by atoms with van der Waals surface area (Å²) in [4.78, 5) is 26.2. The minimum Gasteiger partial charge on any atom is -0.284 e. The summed E-state index contributed by atoms with van der Waals surface area (Å²) in [5.41, 5.74) is 1.82. The molecule has 0 bridgehead atoms. The van der Waals surface area contributed by atoms with Crippen LogP contribution in [-0.4, -0.2) is 10.2 Å². The van der Waals surface area contributed by atoms with Crippen molar-refractivity contribution in [3.05, 3.63) is 35.4 Å². The highest BCUT2D eigenvalue weighted by atomic mass is 79.9. The van der Waals surface area contributed by atoms with Crippen LogP contribution in [0.15, 0.2) is 34.1 Å². The molecule has 0 amide bonds. The number of carbonyl (C=O) groups is 2. The van der Waals surface area contributed by atoms with Crippen LogP contribution in [0.4, 0.5) is 0 Å². The fourth-order valence-electron chi connectivity index (χ4n) is 2.60. The Morgan fingerprint density at radius 1 is 0.682 bits per heavy atom. The van der Waals surface area contributed by atoms with E-state index in [0.29, 0.717) is 0 Å². The molecule has 112 valence electrons. The lowest BCUT2D eigenvalue weighted by molar-refractivity contribution is -0.111. The second-order valence-electron chi connectivity index (χ2n) is 4.91. The number of alkyl halides is 4. The van der Waals surface area contributed by atoms with Gasteiger partial charge in [-0.25, -0.2) is 0 Å². The van der Waals surface area contributed by atoms with Crippen molar-refractivity contribution < 1.29 is 9.59 Å². The van der Waals surface area contributed by atoms with Crippen LogP contribution in [0.5, 0.6) is 0 Å². The van der Waals surface area contributed by atoms with Gasteiger partial charge in [0.05, 0.1) is 0 Å². The smallest absolute Gasteiger partial charge is 0.225 e. The van der Waals surface area contributed by atoms with Gasteiger partial charge in [0, 0.05) is 20.9 Å². The molecule has 0 saturated heterocycles. The van der Waals surface area contributed by atoms with Crippen LogP contribution >= 0.6 is 87.2 Å². The van der Waals surface area contributed by atoms with Gasteiger partial charge in [0.2, 0.25) is 10.2 Å². The molecule has 2 heterocycles. The van der Waals surface area contributed by atoms with Crippen molar-refractivity contribution in [3.63, 3.8) is 0 Å². The molecule has 0 saturated carbocycles. The van der Waals surface area contributed by atoms with Crippen molar-refractivity contribution in [2.75, 3.05) is 0 Å². The average Bonchev–Trinajstić information content (AvgIpc) is 2.82. The molecule has 0 atom stereocenters. The fourth-order valence-corrected chi connectivity index (χ4v) is 7.50. The Hall–Kier alpha value is 0.660. The summed E-state index contributed by atoms with van der Waals surface area (Å²) in [5, 5.41) is 2.01. The first-order valence-corrected chi connectivity index (χ1v) is 10.9. The average molecular weight is 588 g/mol. The van der Waals surface area contributed by atoms with E-state index >= 15 is 0 Å². The summed E-state index contributed by atoms with van der Waals surface area (Å²) in [6.07, 6.45) is 0. The van der Waals surface area contributed by atoms with Crippen molar-refractivity contribution in [1.29, 1.82) is 0 Å². The molecular weight excluding hydrogens is 584 g/mol. The molecule has 0 aliphatic carbocycles. The van der Waals surface area contributed by atoms with Crippen LogP contribution in [-0.2, 0) is 16.1 Å². The molecular formula is C14H4Br4O2S2. The van der Waals surface area contributed by atoms with Gasteiger partial charge in [-0.1, -0.05) is 88.0 Å². The molecule has 0 N–H and O–H groups in total. The molecule has 2 aliphatic heterocycles. The lowest BCUT2D eigenvalue weighted by atomic mass is 10.0.